The number of piperidine rings is 1. The number of carbonyl (C=O) groups excluding carboxylic acids is 1. The lowest BCUT2D eigenvalue weighted by molar-refractivity contribution is -0.121. The third-order valence-corrected chi connectivity index (χ3v) is 5.28. The molecule has 0 bridgehead atoms. The van der Waals surface area contributed by atoms with E-state index >= 15 is 0 Å². The summed E-state index contributed by atoms with van der Waals surface area (Å²) in [6, 6.07) is 0.542. The Morgan fingerprint density at radius 2 is 1.91 bits per heavy atom. The van der Waals surface area contributed by atoms with E-state index in [9.17, 15) is 4.79 Å². The number of hydrogen-bond acceptors (Lipinski definition) is 3. The van der Waals surface area contributed by atoms with Gasteiger partial charge in [0.05, 0.1) is 0 Å². The smallest absolute Gasteiger partial charge is 0.221 e. The maximum absolute atomic E-state index is 11.6. The summed E-state index contributed by atoms with van der Waals surface area (Å²) in [4.78, 5) is 14.3. The van der Waals surface area contributed by atoms with Gasteiger partial charge in [0.2, 0.25) is 5.91 Å². The van der Waals surface area contributed by atoms with E-state index in [0.717, 1.165) is 18.4 Å². The molecule has 1 unspecified atom stereocenters. The van der Waals surface area contributed by atoms with Crippen LogP contribution in [0.15, 0.2) is 0 Å². The minimum Gasteiger partial charge on any atom is -0.354 e. The quantitative estimate of drug-likeness (QED) is 0.786. The van der Waals surface area contributed by atoms with Gasteiger partial charge in [0.1, 0.15) is 0 Å². The van der Waals surface area contributed by atoms with Crippen LogP contribution in [0.1, 0.15) is 58.3 Å². The molecule has 1 aliphatic carbocycles. The van der Waals surface area contributed by atoms with Gasteiger partial charge in [0, 0.05) is 32.1 Å². The molecule has 1 atom stereocenters. The van der Waals surface area contributed by atoms with Crippen LogP contribution in [0.3, 0.4) is 0 Å². The highest BCUT2D eigenvalue weighted by atomic mass is 35.5. The van der Waals surface area contributed by atoms with E-state index in [1.165, 1.54) is 58.0 Å². The summed E-state index contributed by atoms with van der Waals surface area (Å²) in [5.74, 6) is 1.91. The lowest BCUT2D eigenvalue weighted by Gasteiger charge is -2.39. The third-order valence-electron chi connectivity index (χ3n) is 5.28. The predicted molar refractivity (Wildman–Crippen MR) is 94.3 cm³/mol. The van der Waals surface area contributed by atoms with Crippen LogP contribution in [0.25, 0.3) is 0 Å². The summed E-state index contributed by atoms with van der Waals surface area (Å²) >= 11 is 0. The van der Waals surface area contributed by atoms with Gasteiger partial charge in [-0.3, -0.25) is 9.69 Å². The molecule has 0 aromatic carbocycles. The van der Waals surface area contributed by atoms with E-state index < -0.39 is 0 Å². The second-order valence-corrected chi connectivity index (χ2v) is 7.11. The van der Waals surface area contributed by atoms with Crippen LogP contribution in [0.2, 0.25) is 0 Å². The molecule has 5 heteroatoms. The first-order valence-corrected chi connectivity index (χ1v) is 8.90. The van der Waals surface area contributed by atoms with Crippen LogP contribution < -0.4 is 11.1 Å². The Labute approximate surface area is 142 Å². The number of likely N-dealkylation sites (tertiary alicyclic amines) is 1. The number of rotatable bonds is 6. The summed E-state index contributed by atoms with van der Waals surface area (Å²) < 4.78 is 0. The molecule has 4 nitrogen and oxygen atoms in total. The Morgan fingerprint density at radius 3 is 2.59 bits per heavy atom. The van der Waals surface area contributed by atoms with Crippen molar-refractivity contribution in [3.8, 4) is 0 Å². The number of halogens is 1. The summed E-state index contributed by atoms with van der Waals surface area (Å²) in [6.45, 7) is 6.09. The van der Waals surface area contributed by atoms with E-state index in [4.69, 9.17) is 5.73 Å². The summed E-state index contributed by atoms with van der Waals surface area (Å²) in [5, 5.41) is 3.07. The molecule has 1 heterocycles. The highest BCUT2D eigenvalue weighted by molar-refractivity contribution is 5.85. The number of nitrogens with zero attached hydrogens (tertiary/aromatic N) is 1. The molecule has 1 amide bonds. The van der Waals surface area contributed by atoms with Gasteiger partial charge in [-0.25, -0.2) is 0 Å². The molecule has 0 aromatic heterocycles. The zero-order valence-electron chi connectivity index (χ0n) is 14.1. The van der Waals surface area contributed by atoms with Crippen LogP contribution in [0.5, 0.6) is 0 Å². The Bertz CT molecular complexity index is 319. The topological polar surface area (TPSA) is 58.4 Å². The predicted octanol–water partition coefficient (Wildman–Crippen LogP) is 2.55. The van der Waals surface area contributed by atoms with Crippen molar-refractivity contribution in [3.05, 3.63) is 0 Å². The van der Waals surface area contributed by atoms with Crippen molar-refractivity contribution >= 4 is 18.3 Å². The van der Waals surface area contributed by atoms with Gasteiger partial charge in [-0.05, 0) is 44.1 Å². The molecule has 2 aliphatic rings. The molecule has 2 fully saturated rings. The van der Waals surface area contributed by atoms with Crippen molar-refractivity contribution in [3.63, 3.8) is 0 Å². The first kappa shape index (κ1) is 19.7. The molecule has 0 spiro atoms. The van der Waals surface area contributed by atoms with Crippen LogP contribution in [-0.4, -0.2) is 43.0 Å². The molecule has 1 saturated heterocycles. The van der Waals surface area contributed by atoms with Gasteiger partial charge in [-0.1, -0.05) is 26.2 Å². The molecule has 0 radical (unpaired) electrons. The number of amides is 1. The lowest BCUT2D eigenvalue weighted by Crippen LogP contribution is -2.48. The first-order valence-electron chi connectivity index (χ1n) is 8.90. The SMILES string of the molecule is CC1CCC(CN2CCCCC2CNC(=O)CCN)CC1.Cl. The number of nitrogens with one attached hydrogen (secondary N) is 1. The van der Waals surface area contributed by atoms with E-state index in [2.05, 4.69) is 17.1 Å². The standard InChI is InChI=1S/C17H33N3O.ClH/c1-14-5-7-15(8-6-14)13-20-11-3-2-4-16(20)12-19-17(21)9-10-18;/h14-16H,2-13,18H2,1H3,(H,19,21);1H. The van der Waals surface area contributed by atoms with E-state index in [1.54, 1.807) is 0 Å². The summed E-state index contributed by atoms with van der Waals surface area (Å²) in [7, 11) is 0. The third kappa shape index (κ3) is 6.43. The van der Waals surface area contributed by atoms with Crippen molar-refractivity contribution in [1.29, 1.82) is 0 Å². The van der Waals surface area contributed by atoms with Crippen LogP contribution >= 0.6 is 12.4 Å². The number of carbonyl (C=O) groups is 1. The molecule has 22 heavy (non-hydrogen) atoms. The second kappa shape index (κ2) is 10.5. The van der Waals surface area contributed by atoms with Crippen molar-refractivity contribution in [2.24, 2.45) is 17.6 Å². The Hall–Kier alpha value is -0.320. The fraction of sp³-hybridized carbons (Fsp3) is 0.941. The number of hydrogen-bond donors (Lipinski definition) is 2. The Kier molecular flexibility index (Phi) is 9.37. The zero-order valence-corrected chi connectivity index (χ0v) is 14.9. The van der Waals surface area contributed by atoms with Crippen LogP contribution in [0.4, 0.5) is 0 Å². The fourth-order valence-corrected chi connectivity index (χ4v) is 3.83. The average molecular weight is 332 g/mol. The molecule has 1 aliphatic heterocycles. The number of nitrogens with two attached hydrogens (primary N) is 1. The maximum atomic E-state index is 11.6. The van der Waals surface area contributed by atoms with Gasteiger partial charge in [-0.15, -0.1) is 12.4 Å². The Balaban J connectivity index is 0.00000242. The molecule has 3 N–H and O–H groups in total. The van der Waals surface area contributed by atoms with E-state index in [-0.39, 0.29) is 18.3 Å². The zero-order chi connectivity index (χ0) is 15.1. The van der Waals surface area contributed by atoms with Gasteiger partial charge in [0.25, 0.3) is 0 Å². The van der Waals surface area contributed by atoms with Crippen LogP contribution in [0, 0.1) is 11.8 Å². The minimum absolute atomic E-state index is 0. The summed E-state index contributed by atoms with van der Waals surface area (Å²) in [5.41, 5.74) is 5.43. The minimum atomic E-state index is 0. The van der Waals surface area contributed by atoms with E-state index in [0.29, 0.717) is 19.0 Å². The van der Waals surface area contributed by atoms with Gasteiger partial charge in [-0.2, -0.15) is 0 Å². The molecular weight excluding hydrogens is 298 g/mol. The average Bonchev–Trinajstić information content (AvgIpc) is 2.49. The highest BCUT2D eigenvalue weighted by Gasteiger charge is 2.27. The van der Waals surface area contributed by atoms with Crippen molar-refractivity contribution in [1.82, 2.24) is 10.2 Å². The highest BCUT2D eigenvalue weighted by Crippen LogP contribution is 2.30. The normalized spacial score (nSPS) is 29.6. The second-order valence-electron chi connectivity index (χ2n) is 7.11. The van der Waals surface area contributed by atoms with Gasteiger partial charge < -0.3 is 11.1 Å². The largest absolute Gasteiger partial charge is 0.354 e. The molecule has 2 rings (SSSR count). The van der Waals surface area contributed by atoms with Crippen molar-refractivity contribution in [2.75, 3.05) is 26.2 Å². The van der Waals surface area contributed by atoms with Gasteiger partial charge >= 0.3 is 0 Å². The van der Waals surface area contributed by atoms with Crippen molar-refractivity contribution in [2.45, 2.75) is 64.3 Å². The molecular formula is C17H34ClN3O. The molecule has 1 saturated carbocycles. The monoisotopic (exact) mass is 331 g/mol. The van der Waals surface area contributed by atoms with Gasteiger partial charge in [0.15, 0.2) is 0 Å². The van der Waals surface area contributed by atoms with Crippen LogP contribution in [-0.2, 0) is 4.79 Å². The fourth-order valence-electron chi connectivity index (χ4n) is 3.83. The summed E-state index contributed by atoms with van der Waals surface area (Å²) in [6.07, 6.45) is 9.88. The van der Waals surface area contributed by atoms with Crippen molar-refractivity contribution < 1.29 is 4.79 Å². The molecule has 0 aromatic rings. The maximum Gasteiger partial charge on any atom is 0.221 e. The lowest BCUT2D eigenvalue weighted by atomic mass is 9.82. The van der Waals surface area contributed by atoms with E-state index in [1.807, 2.05) is 0 Å². The Morgan fingerprint density at radius 1 is 1.18 bits per heavy atom. The first-order chi connectivity index (χ1) is 10.2. The molecule has 130 valence electrons.